The van der Waals surface area contributed by atoms with E-state index in [1.165, 1.54) is 17.7 Å². The number of rotatable bonds is 5. The fraction of sp³-hybridized carbons (Fsp3) is 0.588. The second kappa shape index (κ2) is 7.46. The van der Waals surface area contributed by atoms with Crippen molar-refractivity contribution < 1.29 is 4.79 Å². The lowest BCUT2D eigenvalue weighted by Gasteiger charge is -2.22. The summed E-state index contributed by atoms with van der Waals surface area (Å²) in [5, 5.41) is 6.49. The van der Waals surface area contributed by atoms with Crippen LogP contribution in [0, 0.1) is 0 Å². The van der Waals surface area contributed by atoms with Gasteiger partial charge in [0.2, 0.25) is 5.91 Å². The Kier molecular flexibility index (Phi) is 5.62. The lowest BCUT2D eigenvalue weighted by molar-refractivity contribution is -0.121. The normalized spacial score (nSPS) is 18.3. The molecule has 1 aromatic rings. The molecule has 21 heavy (non-hydrogen) atoms. The maximum absolute atomic E-state index is 11.7. The minimum absolute atomic E-state index is 0.122. The van der Waals surface area contributed by atoms with Crippen molar-refractivity contribution in [2.75, 3.05) is 25.0 Å². The largest absolute Gasteiger partial charge is 0.374 e. The summed E-state index contributed by atoms with van der Waals surface area (Å²) >= 11 is 0. The summed E-state index contributed by atoms with van der Waals surface area (Å²) < 4.78 is 0. The standard InChI is InChI=1S/C17H27N3O/c1-13(2)19-17(21)10-11-18-15-8-6-12-20(3)16-9-5-4-7-14(15)16/h4-5,7,9,13,15,18H,6,8,10-12H2,1-3H3,(H,19,21). The molecule has 2 N–H and O–H groups in total. The van der Waals surface area contributed by atoms with Gasteiger partial charge in [-0.3, -0.25) is 4.79 Å². The summed E-state index contributed by atoms with van der Waals surface area (Å²) in [6.07, 6.45) is 2.82. The average Bonchev–Trinajstić information content (AvgIpc) is 2.59. The summed E-state index contributed by atoms with van der Waals surface area (Å²) in [5.74, 6) is 0.122. The summed E-state index contributed by atoms with van der Waals surface area (Å²) in [6, 6.07) is 9.12. The Hall–Kier alpha value is -1.55. The minimum Gasteiger partial charge on any atom is -0.374 e. The highest BCUT2D eigenvalue weighted by Gasteiger charge is 2.20. The van der Waals surface area contributed by atoms with E-state index in [0.29, 0.717) is 12.5 Å². The molecule has 0 bridgehead atoms. The van der Waals surface area contributed by atoms with E-state index in [1.807, 2.05) is 13.8 Å². The van der Waals surface area contributed by atoms with Crippen LogP contribution in [0.4, 0.5) is 5.69 Å². The predicted octanol–water partition coefficient (Wildman–Crippen LogP) is 2.46. The third kappa shape index (κ3) is 4.46. The number of nitrogens with one attached hydrogen (secondary N) is 2. The fourth-order valence-electron chi connectivity index (χ4n) is 2.90. The van der Waals surface area contributed by atoms with Gasteiger partial charge >= 0.3 is 0 Å². The second-order valence-corrected chi connectivity index (χ2v) is 6.10. The van der Waals surface area contributed by atoms with Gasteiger partial charge in [-0.05, 0) is 38.3 Å². The molecule has 0 saturated carbocycles. The predicted molar refractivity (Wildman–Crippen MR) is 87.6 cm³/mol. The van der Waals surface area contributed by atoms with E-state index in [4.69, 9.17) is 0 Å². The van der Waals surface area contributed by atoms with Crippen LogP contribution in [-0.4, -0.2) is 32.1 Å². The molecule has 0 aromatic heterocycles. The number of nitrogens with zero attached hydrogens (tertiary/aromatic N) is 1. The van der Waals surface area contributed by atoms with Gasteiger partial charge in [0.15, 0.2) is 0 Å². The molecule has 0 aliphatic carbocycles. The number of hydrogen-bond acceptors (Lipinski definition) is 3. The molecule has 0 radical (unpaired) electrons. The highest BCUT2D eigenvalue weighted by molar-refractivity contribution is 5.76. The topological polar surface area (TPSA) is 44.4 Å². The molecule has 1 amide bonds. The molecule has 4 heteroatoms. The van der Waals surface area contributed by atoms with Crippen LogP contribution in [0.5, 0.6) is 0 Å². The number of carbonyl (C=O) groups is 1. The Morgan fingerprint density at radius 1 is 1.38 bits per heavy atom. The van der Waals surface area contributed by atoms with Crippen LogP contribution in [0.1, 0.15) is 44.7 Å². The van der Waals surface area contributed by atoms with E-state index < -0.39 is 0 Å². The number of benzene rings is 1. The van der Waals surface area contributed by atoms with E-state index in [2.05, 4.69) is 46.8 Å². The van der Waals surface area contributed by atoms with E-state index >= 15 is 0 Å². The molecule has 0 spiro atoms. The molecule has 2 rings (SSSR count). The lowest BCUT2D eigenvalue weighted by atomic mass is 10.0. The molecular formula is C17H27N3O. The number of hydrogen-bond donors (Lipinski definition) is 2. The van der Waals surface area contributed by atoms with Crippen LogP contribution >= 0.6 is 0 Å². The summed E-state index contributed by atoms with van der Waals surface area (Å²) in [4.78, 5) is 14.0. The van der Waals surface area contributed by atoms with E-state index in [-0.39, 0.29) is 11.9 Å². The first-order valence-corrected chi connectivity index (χ1v) is 7.90. The van der Waals surface area contributed by atoms with Crippen molar-refractivity contribution in [3.8, 4) is 0 Å². The number of para-hydroxylation sites is 1. The van der Waals surface area contributed by atoms with E-state index in [9.17, 15) is 4.79 Å². The summed E-state index contributed by atoms with van der Waals surface area (Å²) in [7, 11) is 2.15. The molecule has 1 heterocycles. The molecular weight excluding hydrogens is 262 g/mol. The third-order valence-corrected chi connectivity index (χ3v) is 3.90. The smallest absolute Gasteiger partial charge is 0.221 e. The zero-order chi connectivity index (χ0) is 15.2. The van der Waals surface area contributed by atoms with Crippen LogP contribution in [0.3, 0.4) is 0 Å². The van der Waals surface area contributed by atoms with Gasteiger partial charge in [0.1, 0.15) is 0 Å². The zero-order valence-electron chi connectivity index (χ0n) is 13.4. The molecule has 1 aliphatic heterocycles. The summed E-state index contributed by atoms with van der Waals surface area (Å²) in [5.41, 5.74) is 2.65. The first kappa shape index (κ1) is 15.8. The third-order valence-electron chi connectivity index (χ3n) is 3.90. The highest BCUT2D eigenvalue weighted by atomic mass is 16.1. The van der Waals surface area contributed by atoms with Crippen LogP contribution in [0.25, 0.3) is 0 Å². The van der Waals surface area contributed by atoms with Gasteiger partial charge in [0.05, 0.1) is 0 Å². The molecule has 1 aliphatic rings. The van der Waals surface area contributed by atoms with Crippen molar-refractivity contribution in [2.24, 2.45) is 0 Å². The van der Waals surface area contributed by atoms with Gasteiger partial charge < -0.3 is 15.5 Å². The summed E-state index contributed by atoms with van der Waals surface area (Å²) in [6.45, 7) is 5.79. The van der Waals surface area contributed by atoms with Crippen LogP contribution < -0.4 is 15.5 Å². The quantitative estimate of drug-likeness (QED) is 0.875. The van der Waals surface area contributed by atoms with Crippen LogP contribution in [0.15, 0.2) is 24.3 Å². The van der Waals surface area contributed by atoms with Crippen LogP contribution in [-0.2, 0) is 4.79 Å². The van der Waals surface area contributed by atoms with Crippen molar-refractivity contribution in [3.05, 3.63) is 29.8 Å². The molecule has 116 valence electrons. The molecule has 4 nitrogen and oxygen atoms in total. The molecule has 1 unspecified atom stereocenters. The molecule has 0 saturated heterocycles. The van der Waals surface area contributed by atoms with Gasteiger partial charge in [-0.1, -0.05) is 18.2 Å². The molecule has 1 atom stereocenters. The number of fused-ring (bicyclic) bond motifs is 1. The average molecular weight is 289 g/mol. The molecule has 1 aromatic carbocycles. The van der Waals surface area contributed by atoms with E-state index in [0.717, 1.165) is 19.5 Å². The van der Waals surface area contributed by atoms with Gasteiger partial charge in [-0.2, -0.15) is 0 Å². The Morgan fingerprint density at radius 2 is 2.14 bits per heavy atom. The lowest BCUT2D eigenvalue weighted by Crippen LogP contribution is -2.33. The van der Waals surface area contributed by atoms with Crippen molar-refractivity contribution in [1.29, 1.82) is 0 Å². The van der Waals surface area contributed by atoms with Crippen molar-refractivity contribution in [2.45, 2.75) is 45.2 Å². The zero-order valence-corrected chi connectivity index (χ0v) is 13.4. The maximum atomic E-state index is 11.7. The number of carbonyl (C=O) groups excluding carboxylic acids is 1. The minimum atomic E-state index is 0.122. The van der Waals surface area contributed by atoms with Crippen molar-refractivity contribution in [1.82, 2.24) is 10.6 Å². The fourth-order valence-corrected chi connectivity index (χ4v) is 2.90. The number of amides is 1. The Labute approximate surface area is 127 Å². The maximum Gasteiger partial charge on any atom is 0.221 e. The molecule has 0 fully saturated rings. The van der Waals surface area contributed by atoms with Gasteiger partial charge in [-0.15, -0.1) is 0 Å². The monoisotopic (exact) mass is 289 g/mol. The Morgan fingerprint density at radius 3 is 2.90 bits per heavy atom. The highest BCUT2D eigenvalue weighted by Crippen LogP contribution is 2.31. The first-order valence-electron chi connectivity index (χ1n) is 7.90. The van der Waals surface area contributed by atoms with Crippen molar-refractivity contribution in [3.63, 3.8) is 0 Å². The first-order chi connectivity index (χ1) is 10.1. The Balaban J connectivity index is 1.94. The SMILES string of the molecule is CC(C)NC(=O)CCNC1CCCN(C)c2ccccc21. The van der Waals surface area contributed by atoms with Gasteiger partial charge in [-0.25, -0.2) is 0 Å². The number of anilines is 1. The van der Waals surface area contributed by atoms with Crippen LogP contribution in [0.2, 0.25) is 0 Å². The van der Waals surface area contributed by atoms with Gasteiger partial charge in [0.25, 0.3) is 0 Å². The second-order valence-electron chi connectivity index (χ2n) is 6.10. The Bertz CT molecular complexity index is 473. The van der Waals surface area contributed by atoms with Gasteiger partial charge in [0, 0.05) is 44.3 Å². The van der Waals surface area contributed by atoms with Crippen molar-refractivity contribution >= 4 is 11.6 Å². The van der Waals surface area contributed by atoms with E-state index in [1.54, 1.807) is 0 Å².